The van der Waals surface area contributed by atoms with Gasteiger partial charge in [-0.25, -0.2) is 12.8 Å². The number of halogens is 2. The highest BCUT2D eigenvalue weighted by molar-refractivity contribution is 7.92. The van der Waals surface area contributed by atoms with E-state index in [0.717, 1.165) is 22.0 Å². The smallest absolute Gasteiger partial charge is 0.264 e. The molecule has 0 aliphatic heterocycles. The topological polar surface area (TPSA) is 86.8 Å². The molecule has 208 valence electrons. The Bertz CT molecular complexity index is 1400. The molecule has 3 rings (SSSR count). The lowest BCUT2D eigenvalue weighted by Crippen LogP contribution is -2.53. The molecule has 0 heterocycles. The summed E-state index contributed by atoms with van der Waals surface area (Å²) in [6.07, 6.45) is 0.288. The normalized spacial score (nSPS) is 12.2. The molecule has 0 spiro atoms. The first-order valence-corrected chi connectivity index (χ1v) is 14.4. The molecule has 10 heteroatoms. The lowest BCUT2D eigenvalue weighted by Gasteiger charge is -2.33. The van der Waals surface area contributed by atoms with E-state index in [9.17, 15) is 22.4 Å². The zero-order valence-corrected chi connectivity index (χ0v) is 24.0. The highest BCUT2D eigenvalue weighted by atomic mass is 35.5. The van der Waals surface area contributed by atoms with Gasteiger partial charge in [0.2, 0.25) is 11.8 Å². The number of nitrogens with one attached hydrogen (secondary N) is 1. The number of nitrogens with zero attached hydrogens (tertiary/aromatic N) is 2. The highest BCUT2D eigenvalue weighted by Gasteiger charge is 2.34. The Morgan fingerprint density at radius 1 is 0.974 bits per heavy atom. The van der Waals surface area contributed by atoms with Crippen LogP contribution in [0.25, 0.3) is 0 Å². The molecule has 0 radical (unpaired) electrons. The van der Waals surface area contributed by atoms with Crippen molar-refractivity contribution in [2.75, 3.05) is 10.8 Å². The van der Waals surface area contributed by atoms with Crippen LogP contribution in [-0.4, -0.2) is 43.8 Å². The first kappa shape index (κ1) is 30.1. The Morgan fingerprint density at radius 2 is 1.59 bits per heavy atom. The molecule has 39 heavy (non-hydrogen) atoms. The summed E-state index contributed by atoms with van der Waals surface area (Å²) in [5.74, 6) is -1.52. The monoisotopic (exact) mass is 573 g/mol. The fraction of sp³-hybridized carbons (Fsp3) is 0.310. The molecular weight excluding hydrogens is 541 g/mol. The fourth-order valence-electron chi connectivity index (χ4n) is 4.08. The maximum Gasteiger partial charge on any atom is 0.264 e. The fourth-order valence-corrected chi connectivity index (χ4v) is 5.69. The largest absolute Gasteiger partial charge is 0.352 e. The zero-order chi connectivity index (χ0) is 28.7. The van der Waals surface area contributed by atoms with E-state index in [2.05, 4.69) is 5.32 Å². The lowest BCUT2D eigenvalue weighted by molar-refractivity contribution is -0.140. The van der Waals surface area contributed by atoms with Crippen molar-refractivity contribution in [1.82, 2.24) is 10.2 Å². The van der Waals surface area contributed by atoms with Gasteiger partial charge >= 0.3 is 0 Å². The van der Waals surface area contributed by atoms with Crippen LogP contribution < -0.4 is 9.62 Å². The van der Waals surface area contributed by atoms with Crippen molar-refractivity contribution >= 4 is 39.1 Å². The van der Waals surface area contributed by atoms with Crippen LogP contribution in [0.4, 0.5) is 10.1 Å². The third-order valence-corrected chi connectivity index (χ3v) is 8.27. The number of sulfonamides is 1. The molecule has 0 aromatic heterocycles. The molecule has 2 amide bonds. The Hall–Kier alpha value is -3.43. The van der Waals surface area contributed by atoms with Crippen molar-refractivity contribution in [3.05, 3.63) is 94.8 Å². The van der Waals surface area contributed by atoms with Crippen LogP contribution in [-0.2, 0) is 26.2 Å². The minimum absolute atomic E-state index is 0.00956. The summed E-state index contributed by atoms with van der Waals surface area (Å²) >= 11 is 6.39. The molecule has 0 aliphatic carbocycles. The SMILES string of the molecule is CC[C@@H](C(=O)NC(C)C)N(Cc1ccccc1Cl)C(=O)CN(c1ccc(F)cc1)S(=O)(=O)c1ccc(C)cc1. The third-order valence-electron chi connectivity index (χ3n) is 6.12. The van der Waals surface area contributed by atoms with E-state index in [4.69, 9.17) is 11.6 Å². The molecule has 0 saturated heterocycles. The molecule has 7 nitrogen and oxygen atoms in total. The van der Waals surface area contributed by atoms with Crippen LogP contribution in [0.5, 0.6) is 0 Å². The molecule has 0 fully saturated rings. The first-order valence-electron chi connectivity index (χ1n) is 12.6. The zero-order valence-electron chi connectivity index (χ0n) is 22.4. The predicted octanol–water partition coefficient (Wildman–Crippen LogP) is 5.31. The maximum absolute atomic E-state index is 14.0. The van der Waals surface area contributed by atoms with Gasteiger partial charge in [0.25, 0.3) is 10.0 Å². The number of hydrogen-bond acceptors (Lipinski definition) is 4. The number of carbonyl (C=O) groups excluding carboxylic acids is 2. The van der Waals surface area contributed by atoms with Crippen molar-refractivity contribution in [3.63, 3.8) is 0 Å². The van der Waals surface area contributed by atoms with Gasteiger partial charge < -0.3 is 10.2 Å². The summed E-state index contributed by atoms with van der Waals surface area (Å²) in [7, 11) is -4.23. The van der Waals surface area contributed by atoms with Gasteiger partial charge in [-0.05, 0) is 75.2 Å². The summed E-state index contributed by atoms with van der Waals surface area (Å²) in [6, 6.07) is 17.0. The molecule has 0 saturated carbocycles. The lowest BCUT2D eigenvalue weighted by atomic mass is 10.1. The van der Waals surface area contributed by atoms with E-state index in [1.54, 1.807) is 43.3 Å². The van der Waals surface area contributed by atoms with E-state index in [1.807, 2.05) is 20.8 Å². The van der Waals surface area contributed by atoms with E-state index in [-0.39, 0.29) is 35.5 Å². The summed E-state index contributed by atoms with van der Waals surface area (Å²) in [4.78, 5) is 28.4. The number of anilines is 1. The van der Waals surface area contributed by atoms with Gasteiger partial charge in [-0.15, -0.1) is 0 Å². The number of amides is 2. The summed E-state index contributed by atoms with van der Waals surface area (Å²) in [5, 5.41) is 3.26. The standard InChI is InChI=1S/C29H33ClFN3O4S/c1-5-27(29(36)32-20(2)3)33(18-22-8-6-7-9-26(22)30)28(35)19-34(24-14-12-23(31)13-15-24)39(37,38)25-16-10-21(4)11-17-25/h6-17,20,27H,5,18-19H2,1-4H3,(H,32,36)/t27-/m0/s1. The Labute approximate surface area is 234 Å². The number of benzene rings is 3. The molecule has 3 aromatic rings. The van der Waals surface area contributed by atoms with E-state index >= 15 is 0 Å². The number of hydrogen-bond donors (Lipinski definition) is 1. The number of carbonyl (C=O) groups is 2. The van der Waals surface area contributed by atoms with Crippen LogP contribution >= 0.6 is 11.6 Å². The van der Waals surface area contributed by atoms with Crippen LogP contribution in [0.1, 0.15) is 38.3 Å². The second-order valence-electron chi connectivity index (χ2n) is 9.50. The molecule has 1 N–H and O–H groups in total. The average Bonchev–Trinajstić information content (AvgIpc) is 2.88. The Kier molecular flexibility index (Phi) is 10.1. The maximum atomic E-state index is 14.0. The highest BCUT2D eigenvalue weighted by Crippen LogP contribution is 2.26. The van der Waals surface area contributed by atoms with E-state index in [0.29, 0.717) is 10.6 Å². The molecule has 0 aliphatic rings. The Morgan fingerprint density at radius 3 is 2.15 bits per heavy atom. The number of aryl methyl sites for hydroxylation is 1. The minimum Gasteiger partial charge on any atom is -0.352 e. The van der Waals surface area contributed by atoms with Crippen LogP contribution in [0, 0.1) is 12.7 Å². The molecule has 0 unspecified atom stereocenters. The van der Waals surface area contributed by atoms with Gasteiger partial charge in [0.05, 0.1) is 10.6 Å². The molecular formula is C29H33ClFN3O4S. The third kappa shape index (κ3) is 7.58. The summed E-state index contributed by atoms with van der Waals surface area (Å²) in [5.41, 5.74) is 1.59. The van der Waals surface area contributed by atoms with Crippen molar-refractivity contribution < 1.29 is 22.4 Å². The van der Waals surface area contributed by atoms with Crippen LogP contribution in [0.3, 0.4) is 0 Å². The van der Waals surface area contributed by atoms with Gasteiger partial charge in [0, 0.05) is 17.6 Å². The van der Waals surface area contributed by atoms with E-state index < -0.39 is 34.3 Å². The quantitative estimate of drug-likeness (QED) is 0.337. The van der Waals surface area contributed by atoms with Gasteiger partial charge in [0.15, 0.2) is 0 Å². The van der Waals surface area contributed by atoms with Gasteiger partial charge in [-0.1, -0.05) is 54.4 Å². The molecule has 1 atom stereocenters. The second kappa shape index (κ2) is 13.1. The molecule has 0 bridgehead atoms. The second-order valence-corrected chi connectivity index (χ2v) is 11.8. The van der Waals surface area contributed by atoms with Crippen molar-refractivity contribution in [2.24, 2.45) is 0 Å². The first-order chi connectivity index (χ1) is 18.4. The molecule has 3 aromatic carbocycles. The van der Waals surface area contributed by atoms with E-state index in [1.165, 1.54) is 29.2 Å². The summed E-state index contributed by atoms with van der Waals surface area (Å²) in [6.45, 7) is 6.61. The van der Waals surface area contributed by atoms with Gasteiger partial charge in [-0.3, -0.25) is 13.9 Å². The average molecular weight is 574 g/mol. The van der Waals surface area contributed by atoms with Crippen LogP contribution in [0.2, 0.25) is 5.02 Å². The van der Waals surface area contributed by atoms with Gasteiger partial charge in [-0.2, -0.15) is 0 Å². The van der Waals surface area contributed by atoms with Crippen molar-refractivity contribution in [1.29, 1.82) is 0 Å². The number of rotatable bonds is 11. The van der Waals surface area contributed by atoms with Gasteiger partial charge in [0.1, 0.15) is 18.4 Å². The summed E-state index contributed by atoms with van der Waals surface area (Å²) < 4.78 is 42.2. The van der Waals surface area contributed by atoms with Crippen molar-refractivity contribution in [3.8, 4) is 0 Å². The van der Waals surface area contributed by atoms with Crippen molar-refractivity contribution in [2.45, 2.75) is 57.6 Å². The minimum atomic E-state index is -4.23. The predicted molar refractivity (Wildman–Crippen MR) is 151 cm³/mol. The Balaban J connectivity index is 2.07. The van der Waals surface area contributed by atoms with Crippen LogP contribution in [0.15, 0.2) is 77.7 Å².